The van der Waals surface area contributed by atoms with Crippen molar-refractivity contribution in [3.63, 3.8) is 0 Å². The second-order valence-electron chi connectivity index (χ2n) is 9.16. The van der Waals surface area contributed by atoms with Gasteiger partial charge in [0, 0.05) is 38.1 Å². The summed E-state index contributed by atoms with van der Waals surface area (Å²) in [7, 11) is 0. The van der Waals surface area contributed by atoms with Crippen molar-refractivity contribution in [3.8, 4) is 39.4 Å². The van der Waals surface area contributed by atoms with Crippen molar-refractivity contribution >= 4 is 0 Å². The van der Waals surface area contributed by atoms with Gasteiger partial charge in [-0.05, 0) is 73.8 Å². The van der Waals surface area contributed by atoms with E-state index in [0.717, 1.165) is 33.6 Å². The molecule has 5 rings (SSSR count). The van der Waals surface area contributed by atoms with Gasteiger partial charge in [-0.3, -0.25) is 4.98 Å². The van der Waals surface area contributed by atoms with E-state index < -0.39 is 0 Å². The van der Waals surface area contributed by atoms with Crippen LogP contribution < -0.4 is 0 Å². The Balaban J connectivity index is 0.000000211. The Kier molecular flexibility index (Phi) is 9.52. The topological polar surface area (TPSA) is 46.0 Å². The van der Waals surface area contributed by atoms with Gasteiger partial charge in [-0.2, -0.15) is 0 Å². The van der Waals surface area contributed by atoms with Crippen LogP contribution in [0.4, 0.5) is 0 Å². The monoisotopic (exact) mass is 664 g/mol. The van der Waals surface area contributed by atoms with Gasteiger partial charge in [0.05, 0.1) is 5.69 Å². The number of nitrogens with zero attached hydrogens (tertiary/aromatic N) is 2. The Labute approximate surface area is 233 Å². The van der Waals surface area contributed by atoms with Gasteiger partial charge in [0.25, 0.3) is 0 Å². The number of phenolic OH excluding ortho intramolecular Hbond substituents is 1. The molecule has 0 aliphatic rings. The summed E-state index contributed by atoms with van der Waals surface area (Å²) in [4.78, 5) is 8.77. The summed E-state index contributed by atoms with van der Waals surface area (Å²) in [5.74, 6) is 0.319. The second kappa shape index (κ2) is 12.6. The third kappa shape index (κ3) is 6.80. The molecule has 0 spiro atoms. The van der Waals surface area contributed by atoms with Gasteiger partial charge in [0.1, 0.15) is 5.75 Å². The van der Waals surface area contributed by atoms with E-state index in [1.54, 1.807) is 6.20 Å². The molecule has 37 heavy (non-hydrogen) atoms. The third-order valence-corrected chi connectivity index (χ3v) is 6.28. The molecule has 0 saturated heterocycles. The average molecular weight is 664 g/mol. The van der Waals surface area contributed by atoms with Gasteiger partial charge >= 0.3 is 0 Å². The first-order valence-corrected chi connectivity index (χ1v) is 12.1. The minimum Gasteiger partial charge on any atom is -0.507 e. The summed E-state index contributed by atoms with van der Waals surface area (Å²) in [6, 6.07) is 29.8. The van der Waals surface area contributed by atoms with Gasteiger partial charge in [0.15, 0.2) is 0 Å². The number of pyridine rings is 2. The number of aromatic nitrogens is 2. The molecule has 2 heterocycles. The minimum absolute atomic E-state index is 0. The van der Waals surface area contributed by atoms with Crippen molar-refractivity contribution in [2.24, 2.45) is 0 Å². The van der Waals surface area contributed by atoms with E-state index in [1.807, 2.05) is 56.4 Å². The first-order chi connectivity index (χ1) is 17.3. The van der Waals surface area contributed by atoms with E-state index in [2.05, 4.69) is 79.3 Å². The minimum atomic E-state index is 0. The third-order valence-electron chi connectivity index (χ3n) is 6.28. The molecule has 1 radical (unpaired) electrons. The number of hydrogen-bond acceptors (Lipinski definition) is 3. The standard InChI is InChI=1S/C20H18N.C13H13NO.Ir/c1-14-9-10-18(20-11-15(2)16(3)13-21-20)12-19(14)17-7-5-4-6-8-17;1-9-7-10(2)13(15)11(8-9)12-5-3-4-6-14-12;/h4-9,11-13H,1-3H3;3-8,15H,1-2H3;/q-1;;. The van der Waals surface area contributed by atoms with Crippen LogP contribution in [0.3, 0.4) is 0 Å². The summed E-state index contributed by atoms with van der Waals surface area (Å²) in [5, 5.41) is 9.94. The molecule has 2 aromatic heterocycles. The Hall–Kier alpha value is -3.59. The number of phenols is 1. The summed E-state index contributed by atoms with van der Waals surface area (Å²) in [6.45, 7) is 10.2. The summed E-state index contributed by atoms with van der Waals surface area (Å²) in [5.41, 5.74) is 11.8. The molecule has 4 heteroatoms. The maximum absolute atomic E-state index is 9.94. The normalized spacial score (nSPS) is 10.2. The molecule has 0 atom stereocenters. The van der Waals surface area contributed by atoms with Crippen LogP contribution in [0.15, 0.2) is 91.3 Å². The fraction of sp³-hybridized carbons (Fsp3) is 0.152. The smallest absolute Gasteiger partial charge is 0.127 e. The van der Waals surface area contributed by atoms with Crippen molar-refractivity contribution < 1.29 is 25.2 Å². The van der Waals surface area contributed by atoms with Gasteiger partial charge < -0.3 is 10.1 Å². The average Bonchev–Trinajstić information content (AvgIpc) is 2.89. The molecule has 0 saturated carbocycles. The molecule has 0 bridgehead atoms. The Morgan fingerprint density at radius 3 is 2.05 bits per heavy atom. The molecule has 0 unspecified atom stereocenters. The van der Waals surface area contributed by atoms with Crippen molar-refractivity contribution in [1.82, 2.24) is 9.97 Å². The summed E-state index contributed by atoms with van der Waals surface area (Å²) < 4.78 is 0. The fourth-order valence-corrected chi connectivity index (χ4v) is 4.09. The van der Waals surface area contributed by atoms with Crippen molar-refractivity contribution in [1.29, 1.82) is 0 Å². The van der Waals surface area contributed by atoms with Crippen molar-refractivity contribution in [2.45, 2.75) is 34.6 Å². The number of aryl methyl sites for hydroxylation is 5. The van der Waals surface area contributed by atoms with Crippen LogP contribution >= 0.6 is 0 Å². The molecular formula is C33H31IrN2O-. The van der Waals surface area contributed by atoms with E-state index in [1.165, 1.54) is 27.8 Å². The summed E-state index contributed by atoms with van der Waals surface area (Å²) in [6.07, 6.45) is 3.66. The van der Waals surface area contributed by atoms with Crippen molar-refractivity contribution in [2.75, 3.05) is 0 Å². The number of rotatable bonds is 3. The molecule has 189 valence electrons. The van der Waals surface area contributed by atoms with Crippen LogP contribution in [0.25, 0.3) is 33.6 Å². The number of hydrogen-bond donors (Lipinski definition) is 1. The Bertz CT molecular complexity index is 1480. The Morgan fingerprint density at radius 1 is 0.649 bits per heavy atom. The zero-order valence-corrected chi connectivity index (χ0v) is 24.2. The van der Waals surface area contributed by atoms with Gasteiger partial charge in [-0.15, -0.1) is 29.3 Å². The van der Waals surface area contributed by atoms with Crippen LogP contribution in [-0.2, 0) is 20.1 Å². The molecule has 0 aliphatic carbocycles. The predicted molar refractivity (Wildman–Crippen MR) is 149 cm³/mol. The van der Waals surface area contributed by atoms with Crippen LogP contribution in [0, 0.1) is 40.7 Å². The van der Waals surface area contributed by atoms with E-state index in [9.17, 15) is 5.11 Å². The second-order valence-corrected chi connectivity index (χ2v) is 9.16. The SMILES string of the molecule is Cc1cc(C)c(O)c(-c2ccccn2)c1.Cc1cnc(-c2[c-]cc(C)c(-c3ccccc3)c2)cc1C.[Ir]. The predicted octanol–water partition coefficient (Wildman–Crippen LogP) is 8.21. The van der Waals surface area contributed by atoms with Crippen LogP contribution in [0.2, 0.25) is 0 Å². The maximum Gasteiger partial charge on any atom is 0.127 e. The molecule has 0 fully saturated rings. The molecule has 5 aromatic rings. The maximum atomic E-state index is 9.94. The quantitative estimate of drug-likeness (QED) is 0.198. The van der Waals surface area contributed by atoms with Gasteiger partial charge in [-0.25, -0.2) is 0 Å². The zero-order chi connectivity index (χ0) is 25.7. The summed E-state index contributed by atoms with van der Waals surface area (Å²) >= 11 is 0. The van der Waals surface area contributed by atoms with Crippen molar-refractivity contribution in [3.05, 3.63) is 125 Å². The number of aromatic hydroxyl groups is 1. The largest absolute Gasteiger partial charge is 0.507 e. The molecule has 0 amide bonds. The zero-order valence-electron chi connectivity index (χ0n) is 21.8. The van der Waals surface area contributed by atoms with Gasteiger partial charge in [-0.1, -0.05) is 66.6 Å². The first-order valence-electron chi connectivity index (χ1n) is 12.1. The Morgan fingerprint density at radius 2 is 1.38 bits per heavy atom. The van der Waals surface area contributed by atoms with Gasteiger partial charge in [0.2, 0.25) is 0 Å². The fourth-order valence-electron chi connectivity index (χ4n) is 4.09. The molecule has 0 aliphatic heterocycles. The van der Waals surface area contributed by atoms with Crippen LogP contribution in [0.5, 0.6) is 5.75 Å². The van der Waals surface area contributed by atoms with Crippen LogP contribution in [0.1, 0.15) is 27.8 Å². The molecular weight excluding hydrogens is 633 g/mol. The van der Waals surface area contributed by atoms with Crippen LogP contribution in [-0.4, -0.2) is 15.1 Å². The van der Waals surface area contributed by atoms with E-state index in [-0.39, 0.29) is 20.1 Å². The van der Waals surface area contributed by atoms with E-state index >= 15 is 0 Å². The number of benzene rings is 3. The van der Waals surface area contributed by atoms with E-state index in [4.69, 9.17) is 0 Å². The molecule has 3 nitrogen and oxygen atoms in total. The first kappa shape index (κ1) is 28.0. The molecule has 1 N–H and O–H groups in total. The molecule has 3 aromatic carbocycles. The van der Waals surface area contributed by atoms with E-state index in [0.29, 0.717) is 5.75 Å².